The Balaban J connectivity index is 1.73. The van der Waals surface area contributed by atoms with Crippen LogP contribution in [0.1, 0.15) is 37.3 Å². The molecule has 3 nitrogen and oxygen atoms in total. The summed E-state index contributed by atoms with van der Waals surface area (Å²) in [5, 5.41) is 3.65. The van der Waals surface area contributed by atoms with E-state index in [0.717, 1.165) is 18.6 Å². The summed E-state index contributed by atoms with van der Waals surface area (Å²) >= 11 is 0. The smallest absolute Gasteiger partial charge is 0.131 e. The van der Waals surface area contributed by atoms with Crippen molar-refractivity contribution >= 4 is 0 Å². The summed E-state index contributed by atoms with van der Waals surface area (Å²) in [7, 11) is 0. The maximum Gasteiger partial charge on any atom is 0.131 e. The molecule has 3 N–H and O–H groups in total. The van der Waals surface area contributed by atoms with Crippen LogP contribution in [0, 0.1) is 0 Å². The number of benzene rings is 1. The van der Waals surface area contributed by atoms with Gasteiger partial charge in [-0.3, -0.25) is 0 Å². The molecular formula is C14H18N2O. The highest BCUT2D eigenvalue weighted by Crippen LogP contribution is 2.50. The third-order valence-corrected chi connectivity index (χ3v) is 4.65. The van der Waals surface area contributed by atoms with Gasteiger partial charge in [0.1, 0.15) is 11.4 Å². The quantitative estimate of drug-likeness (QED) is 0.713. The fraction of sp³-hybridized carbons (Fsp3) is 0.571. The van der Waals surface area contributed by atoms with E-state index in [0.29, 0.717) is 12.1 Å². The van der Waals surface area contributed by atoms with E-state index in [-0.39, 0.29) is 11.6 Å². The van der Waals surface area contributed by atoms with E-state index in [4.69, 9.17) is 10.5 Å². The van der Waals surface area contributed by atoms with Crippen molar-refractivity contribution < 1.29 is 4.74 Å². The molecule has 4 rings (SSSR count). The predicted octanol–water partition coefficient (Wildman–Crippen LogP) is 1.73. The largest absolute Gasteiger partial charge is 0.485 e. The van der Waals surface area contributed by atoms with Crippen molar-refractivity contribution in [3.8, 4) is 5.75 Å². The number of hydrogen-bond donors (Lipinski definition) is 2. The lowest BCUT2D eigenvalue weighted by Gasteiger charge is -2.40. The number of rotatable bonds is 0. The number of nitrogens with two attached hydrogens (primary N) is 1. The molecule has 0 aromatic heterocycles. The first-order chi connectivity index (χ1) is 8.27. The molecule has 1 spiro atoms. The molecule has 0 amide bonds. The Bertz CT molecular complexity index is 447. The summed E-state index contributed by atoms with van der Waals surface area (Å²) < 4.78 is 6.26. The number of piperidine rings is 1. The van der Waals surface area contributed by atoms with Gasteiger partial charge in [0.2, 0.25) is 0 Å². The molecular weight excluding hydrogens is 212 g/mol. The van der Waals surface area contributed by atoms with E-state index in [1.165, 1.54) is 18.4 Å². The lowest BCUT2D eigenvalue weighted by molar-refractivity contribution is 0.0183. The lowest BCUT2D eigenvalue weighted by atomic mass is 9.80. The Labute approximate surface area is 101 Å². The van der Waals surface area contributed by atoms with Gasteiger partial charge in [0.05, 0.1) is 6.04 Å². The van der Waals surface area contributed by atoms with Gasteiger partial charge in [-0.15, -0.1) is 0 Å². The van der Waals surface area contributed by atoms with E-state index >= 15 is 0 Å². The van der Waals surface area contributed by atoms with Crippen molar-refractivity contribution in [1.82, 2.24) is 5.32 Å². The number of fused-ring (bicyclic) bond motifs is 3. The average Bonchev–Trinajstić information content (AvgIpc) is 2.80. The zero-order chi connectivity index (χ0) is 11.5. The van der Waals surface area contributed by atoms with Crippen molar-refractivity contribution in [3.63, 3.8) is 0 Å². The third-order valence-electron chi connectivity index (χ3n) is 4.65. The standard InChI is InChI=1S/C14H18N2O/c15-13-11-3-1-2-4-12(11)17-14(13)7-9-5-6-10(8-14)16-9/h1-4,9-10,13,16H,5-8,15H2/t9-,10?,13-,14?/m1/s1. The van der Waals surface area contributed by atoms with Crippen LogP contribution < -0.4 is 15.8 Å². The van der Waals surface area contributed by atoms with Gasteiger partial charge in [-0.25, -0.2) is 0 Å². The molecule has 90 valence electrons. The van der Waals surface area contributed by atoms with Crippen molar-refractivity contribution in [2.45, 2.75) is 49.4 Å². The van der Waals surface area contributed by atoms with E-state index in [2.05, 4.69) is 17.4 Å². The molecule has 1 aromatic rings. The van der Waals surface area contributed by atoms with Gasteiger partial charge in [0, 0.05) is 30.5 Å². The fourth-order valence-electron chi connectivity index (χ4n) is 3.88. The first kappa shape index (κ1) is 9.92. The van der Waals surface area contributed by atoms with Crippen LogP contribution in [-0.2, 0) is 0 Å². The zero-order valence-corrected chi connectivity index (χ0v) is 9.86. The van der Waals surface area contributed by atoms with E-state index in [1.807, 2.05) is 12.1 Å². The SMILES string of the molecule is N[C@@H]1c2ccccc2OC12CC1CC[C@H](C2)N1. The first-order valence-electron chi connectivity index (χ1n) is 6.56. The molecule has 4 atom stereocenters. The monoisotopic (exact) mass is 230 g/mol. The fourth-order valence-corrected chi connectivity index (χ4v) is 3.88. The molecule has 2 bridgehead atoms. The molecule has 0 saturated carbocycles. The molecule has 1 aromatic carbocycles. The third kappa shape index (κ3) is 1.30. The summed E-state index contributed by atoms with van der Waals surface area (Å²) in [6, 6.07) is 9.50. The van der Waals surface area contributed by atoms with Gasteiger partial charge < -0.3 is 15.8 Å². The van der Waals surface area contributed by atoms with Gasteiger partial charge >= 0.3 is 0 Å². The lowest BCUT2D eigenvalue weighted by Crippen LogP contribution is -2.54. The minimum atomic E-state index is -0.138. The highest BCUT2D eigenvalue weighted by molar-refractivity contribution is 5.43. The summed E-state index contributed by atoms with van der Waals surface area (Å²) in [5.74, 6) is 1.00. The van der Waals surface area contributed by atoms with Crippen LogP contribution in [0.15, 0.2) is 24.3 Å². The molecule has 2 saturated heterocycles. The van der Waals surface area contributed by atoms with Gasteiger partial charge in [0.25, 0.3) is 0 Å². The predicted molar refractivity (Wildman–Crippen MR) is 65.9 cm³/mol. The second kappa shape index (κ2) is 3.24. The van der Waals surface area contributed by atoms with Gasteiger partial charge in [-0.1, -0.05) is 18.2 Å². The average molecular weight is 230 g/mol. The maximum atomic E-state index is 6.46. The summed E-state index contributed by atoms with van der Waals surface area (Å²) in [5.41, 5.74) is 7.51. The Kier molecular flexibility index (Phi) is 1.89. The molecule has 0 radical (unpaired) electrons. The summed E-state index contributed by atoms with van der Waals surface area (Å²) in [6.45, 7) is 0. The molecule has 3 heteroatoms. The molecule has 3 aliphatic rings. The Morgan fingerprint density at radius 2 is 1.88 bits per heavy atom. The number of nitrogens with one attached hydrogen (secondary N) is 1. The van der Waals surface area contributed by atoms with Crippen LogP contribution >= 0.6 is 0 Å². The molecule has 3 heterocycles. The second-order valence-electron chi connectivity index (χ2n) is 5.73. The Morgan fingerprint density at radius 1 is 1.18 bits per heavy atom. The highest BCUT2D eigenvalue weighted by atomic mass is 16.5. The van der Waals surface area contributed by atoms with Gasteiger partial charge in [-0.2, -0.15) is 0 Å². The topological polar surface area (TPSA) is 47.3 Å². The van der Waals surface area contributed by atoms with E-state index in [1.54, 1.807) is 0 Å². The molecule has 3 aliphatic heterocycles. The zero-order valence-electron chi connectivity index (χ0n) is 9.86. The van der Waals surface area contributed by atoms with Crippen LogP contribution in [0.5, 0.6) is 5.75 Å². The Morgan fingerprint density at radius 3 is 2.59 bits per heavy atom. The number of hydrogen-bond acceptors (Lipinski definition) is 3. The second-order valence-corrected chi connectivity index (χ2v) is 5.73. The summed E-state index contributed by atoms with van der Waals surface area (Å²) in [4.78, 5) is 0. The van der Waals surface area contributed by atoms with Crippen molar-refractivity contribution in [3.05, 3.63) is 29.8 Å². The van der Waals surface area contributed by atoms with Crippen LogP contribution in [0.25, 0.3) is 0 Å². The van der Waals surface area contributed by atoms with Crippen LogP contribution in [0.4, 0.5) is 0 Å². The number of para-hydroxylation sites is 1. The first-order valence-corrected chi connectivity index (χ1v) is 6.56. The van der Waals surface area contributed by atoms with Crippen LogP contribution in [-0.4, -0.2) is 17.7 Å². The van der Waals surface area contributed by atoms with E-state index in [9.17, 15) is 0 Å². The maximum absolute atomic E-state index is 6.46. The van der Waals surface area contributed by atoms with Crippen molar-refractivity contribution in [2.24, 2.45) is 5.73 Å². The number of ether oxygens (including phenoxy) is 1. The molecule has 2 fully saturated rings. The highest BCUT2D eigenvalue weighted by Gasteiger charge is 2.53. The van der Waals surface area contributed by atoms with Crippen molar-refractivity contribution in [1.29, 1.82) is 0 Å². The van der Waals surface area contributed by atoms with Crippen molar-refractivity contribution in [2.75, 3.05) is 0 Å². The normalized spacial score (nSPS) is 42.5. The van der Waals surface area contributed by atoms with Gasteiger partial charge in [-0.05, 0) is 18.9 Å². The minimum absolute atomic E-state index is 0.0453. The summed E-state index contributed by atoms with van der Waals surface area (Å²) in [6.07, 6.45) is 4.66. The molecule has 17 heavy (non-hydrogen) atoms. The Hall–Kier alpha value is -1.06. The van der Waals surface area contributed by atoms with Gasteiger partial charge in [0.15, 0.2) is 0 Å². The van der Waals surface area contributed by atoms with E-state index < -0.39 is 0 Å². The minimum Gasteiger partial charge on any atom is -0.485 e. The van der Waals surface area contributed by atoms with Crippen LogP contribution in [0.2, 0.25) is 0 Å². The molecule has 0 aliphatic carbocycles. The van der Waals surface area contributed by atoms with Crippen LogP contribution in [0.3, 0.4) is 0 Å². The molecule has 2 unspecified atom stereocenters.